The zero-order chi connectivity index (χ0) is 13.1. The van der Waals surface area contributed by atoms with E-state index in [0.717, 1.165) is 0 Å². The molecule has 0 fully saturated rings. The van der Waals surface area contributed by atoms with Crippen LogP contribution in [0.5, 0.6) is 0 Å². The van der Waals surface area contributed by atoms with Crippen molar-refractivity contribution in [2.75, 3.05) is 20.3 Å². The Morgan fingerprint density at radius 3 is 2.24 bits per heavy atom. The van der Waals surface area contributed by atoms with Crippen molar-refractivity contribution < 1.29 is 28.2 Å². The summed E-state index contributed by atoms with van der Waals surface area (Å²) >= 11 is 0. The van der Waals surface area contributed by atoms with E-state index in [0.29, 0.717) is 5.57 Å². The summed E-state index contributed by atoms with van der Waals surface area (Å²) in [5, 5.41) is 0. The van der Waals surface area contributed by atoms with Gasteiger partial charge in [0.1, 0.15) is 0 Å². The lowest BCUT2D eigenvalue weighted by Gasteiger charge is -2.20. The molecule has 1 N–H and O–H groups in total. The number of ether oxygens (including phenoxy) is 2. The molecule has 1 heterocycles. The molecule has 0 unspecified atom stereocenters. The molecule has 0 aromatic heterocycles. The van der Waals surface area contributed by atoms with Gasteiger partial charge in [-0.2, -0.15) is 0 Å². The van der Waals surface area contributed by atoms with E-state index in [9.17, 15) is 9.69 Å². The van der Waals surface area contributed by atoms with E-state index in [-0.39, 0.29) is 24.5 Å². The molecule has 0 saturated heterocycles. The Morgan fingerprint density at radius 1 is 1.29 bits per heavy atom. The first-order valence-corrected chi connectivity index (χ1v) is 6.83. The molecule has 0 radical (unpaired) electrons. The monoisotopic (exact) mass is 264 g/mol. The molecule has 0 amide bonds. The highest BCUT2D eigenvalue weighted by Crippen LogP contribution is 2.50. The largest absolute Gasteiger partial charge is 0.492 e. The number of methoxy groups -OCH3 is 1. The van der Waals surface area contributed by atoms with Crippen molar-refractivity contribution in [2.45, 2.75) is 20.8 Å². The molecule has 0 atom stereocenters. The summed E-state index contributed by atoms with van der Waals surface area (Å²) in [5.41, 5.74) is 0.242. The number of esters is 1. The zero-order valence-corrected chi connectivity index (χ0v) is 11.2. The van der Waals surface area contributed by atoms with Crippen LogP contribution >= 0.6 is 7.57 Å². The van der Waals surface area contributed by atoms with Gasteiger partial charge in [-0.05, 0) is 20.8 Å². The van der Waals surface area contributed by atoms with E-state index in [1.807, 2.05) is 0 Å². The van der Waals surface area contributed by atoms with Gasteiger partial charge in [0.15, 0.2) is 5.76 Å². The highest BCUT2D eigenvalue weighted by Gasteiger charge is 2.38. The van der Waals surface area contributed by atoms with Crippen LogP contribution in [0.4, 0.5) is 0 Å². The quantitative estimate of drug-likeness (QED) is 0.598. The lowest BCUT2D eigenvalue weighted by molar-refractivity contribution is -0.130. The average molecular weight is 264 g/mol. The van der Waals surface area contributed by atoms with Gasteiger partial charge in [0, 0.05) is 0 Å². The van der Waals surface area contributed by atoms with E-state index in [2.05, 4.69) is 0 Å². The first-order valence-electron chi connectivity index (χ1n) is 5.26. The molecule has 0 bridgehead atoms. The minimum atomic E-state index is -3.37. The normalized spacial score (nSPS) is 16.5. The highest BCUT2D eigenvalue weighted by molar-refractivity contribution is 7.62. The summed E-state index contributed by atoms with van der Waals surface area (Å²) < 4.78 is 20.4. The fourth-order valence-electron chi connectivity index (χ4n) is 1.39. The molecule has 1 rings (SSSR count). The van der Waals surface area contributed by atoms with Crippen molar-refractivity contribution in [2.24, 2.45) is 0 Å². The van der Waals surface area contributed by atoms with Crippen LogP contribution < -0.4 is 0 Å². The Bertz CT molecular complexity index is 388. The van der Waals surface area contributed by atoms with Crippen molar-refractivity contribution in [3.05, 3.63) is 11.3 Å². The number of hydrogen-bond donors (Lipinski definition) is 1. The van der Waals surface area contributed by atoms with Gasteiger partial charge in [0.05, 0.1) is 25.9 Å². The van der Waals surface area contributed by atoms with Crippen LogP contribution in [0.25, 0.3) is 0 Å². The van der Waals surface area contributed by atoms with Gasteiger partial charge < -0.3 is 23.4 Å². The average Bonchev–Trinajstić information content (AvgIpc) is 2.56. The number of rotatable bonds is 5. The van der Waals surface area contributed by atoms with Crippen molar-refractivity contribution >= 4 is 19.0 Å². The van der Waals surface area contributed by atoms with Gasteiger partial charge in [0.25, 0.3) is 0 Å². The van der Waals surface area contributed by atoms with Gasteiger partial charge in [0.2, 0.25) is 5.48 Å². The summed E-state index contributed by atoms with van der Waals surface area (Å²) in [4.78, 5) is 21.7. The van der Waals surface area contributed by atoms with Crippen LogP contribution in [-0.4, -0.2) is 36.7 Å². The van der Waals surface area contributed by atoms with E-state index >= 15 is 0 Å². The first kappa shape index (κ1) is 14.3. The van der Waals surface area contributed by atoms with Crippen molar-refractivity contribution in [3.8, 4) is 0 Å². The summed E-state index contributed by atoms with van der Waals surface area (Å²) in [7, 11) is -1.98. The second kappa shape index (κ2) is 5.69. The van der Waals surface area contributed by atoms with Gasteiger partial charge in [-0.25, -0.2) is 4.79 Å². The predicted octanol–water partition coefficient (Wildman–Crippen LogP) is 1.42. The minimum absolute atomic E-state index is 0.0498. The van der Waals surface area contributed by atoms with Gasteiger partial charge in [-0.1, -0.05) is 0 Å². The van der Waals surface area contributed by atoms with E-state index in [1.165, 1.54) is 7.11 Å². The third-order valence-electron chi connectivity index (χ3n) is 2.10. The molecule has 0 spiro atoms. The lowest BCUT2D eigenvalue weighted by Crippen LogP contribution is -2.12. The maximum absolute atomic E-state index is 11.4. The van der Waals surface area contributed by atoms with Crippen molar-refractivity contribution in [3.63, 3.8) is 0 Å². The molecule has 7 heteroatoms. The molecule has 0 aliphatic carbocycles. The first-order chi connectivity index (χ1) is 8.00. The molecular formula is C10H17O6P. The Kier molecular flexibility index (Phi) is 4.77. The summed E-state index contributed by atoms with van der Waals surface area (Å²) in [6, 6.07) is 0. The van der Waals surface area contributed by atoms with Gasteiger partial charge in [-0.3, -0.25) is 0 Å². The van der Waals surface area contributed by atoms with Crippen LogP contribution in [0.2, 0.25) is 0 Å². The summed E-state index contributed by atoms with van der Waals surface area (Å²) in [6.07, 6.45) is 0. The standard InChI is InChI=1S/C10H17O6P/c1-5-14-17(12,15-6-2)10-8(13-4)7(3)9(11)16-10/h12H,5-6H2,1-4H3. The van der Waals surface area contributed by atoms with Gasteiger partial charge in [-0.15, -0.1) is 0 Å². The van der Waals surface area contributed by atoms with Gasteiger partial charge >= 0.3 is 13.5 Å². The smallest absolute Gasteiger partial charge is 0.343 e. The third kappa shape index (κ3) is 2.72. The Labute approximate surface area is 100 Å². The highest BCUT2D eigenvalue weighted by atomic mass is 31.2. The third-order valence-corrected chi connectivity index (χ3v) is 4.12. The molecule has 0 aromatic rings. The SMILES string of the molecule is CCOP(O)(OCC)=C1OC(=O)C(C)=C1OC. The number of carbonyl (C=O) groups excluding carboxylic acids is 1. The van der Waals surface area contributed by atoms with Crippen LogP contribution in [0, 0.1) is 0 Å². The second-order valence-corrected chi connectivity index (χ2v) is 5.17. The lowest BCUT2D eigenvalue weighted by atomic mass is 10.3. The van der Waals surface area contributed by atoms with E-state index < -0.39 is 13.5 Å². The van der Waals surface area contributed by atoms with Crippen LogP contribution in [-0.2, 0) is 23.3 Å². The van der Waals surface area contributed by atoms with Crippen molar-refractivity contribution in [1.82, 2.24) is 0 Å². The molecule has 0 aromatic carbocycles. The van der Waals surface area contributed by atoms with E-state index in [1.54, 1.807) is 20.8 Å². The second-order valence-electron chi connectivity index (χ2n) is 3.21. The zero-order valence-electron chi connectivity index (χ0n) is 10.3. The molecule has 98 valence electrons. The number of carbonyl (C=O) groups is 1. The van der Waals surface area contributed by atoms with E-state index in [4.69, 9.17) is 18.5 Å². The maximum atomic E-state index is 11.4. The van der Waals surface area contributed by atoms with Crippen LogP contribution in [0.15, 0.2) is 11.3 Å². The number of hydrogen-bond acceptors (Lipinski definition) is 6. The molecule has 6 nitrogen and oxygen atoms in total. The molecule has 1 aliphatic heterocycles. The minimum Gasteiger partial charge on any atom is -0.492 e. The predicted molar refractivity (Wildman–Crippen MR) is 63.2 cm³/mol. The topological polar surface area (TPSA) is 74.2 Å². The Balaban J connectivity index is 3.30. The number of cyclic esters (lactones) is 1. The fourth-order valence-corrected chi connectivity index (χ4v) is 3.12. The molecule has 17 heavy (non-hydrogen) atoms. The maximum Gasteiger partial charge on any atom is 0.343 e. The molecule has 0 saturated carbocycles. The van der Waals surface area contributed by atoms with Crippen LogP contribution in [0.1, 0.15) is 20.8 Å². The fraction of sp³-hybridized carbons (Fsp3) is 0.600. The van der Waals surface area contributed by atoms with Crippen molar-refractivity contribution in [1.29, 1.82) is 0 Å². The summed E-state index contributed by atoms with van der Waals surface area (Å²) in [5.74, 6) is -0.373. The summed E-state index contributed by atoms with van der Waals surface area (Å²) in [6.45, 7) is 5.45. The Morgan fingerprint density at radius 2 is 1.82 bits per heavy atom. The molecule has 1 aliphatic rings. The Hall–Kier alpha value is -0.810. The molecular weight excluding hydrogens is 247 g/mol. The van der Waals surface area contributed by atoms with Crippen LogP contribution in [0.3, 0.4) is 0 Å².